The fourth-order valence-corrected chi connectivity index (χ4v) is 3.72. The summed E-state index contributed by atoms with van der Waals surface area (Å²) in [6.07, 6.45) is 1.82. The molecule has 1 fully saturated rings. The topological polar surface area (TPSA) is 114 Å². The lowest BCUT2D eigenvalue weighted by Gasteiger charge is -2.37. The van der Waals surface area contributed by atoms with Crippen molar-refractivity contribution in [3.63, 3.8) is 0 Å². The van der Waals surface area contributed by atoms with E-state index in [2.05, 4.69) is 25.3 Å². The number of carbonyl (C=O) groups excluding carboxylic acids is 1. The first-order valence-electron chi connectivity index (χ1n) is 11.5. The van der Waals surface area contributed by atoms with Crippen molar-refractivity contribution in [3.05, 3.63) is 59.4 Å². The lowest BCUT2D eigenvalue weighted by molar-refractivity contribution is 0.00844. The van der Waals surface area contributed by atoms with E-state index < -0.39 is 0 Å². The Morgan fingerprint density at radius 1 is 1.26 bits per heavy atom. The molecule has 3 heterocycles. The van der Waals surface area contributed by atoms with Gasteiger partial charge in [0.15, 0.2) is 5.82 Å². The average molecular weight is 466 g/mol. The highest BCUT2D eigenvalue weighted by atomic mass is 16.5. The number of aliphatic hydroxyl groups is 1. The summed E-state index contributed by atoms with van der Waals surface area (Å²) in [4.78, 5) is 23.5. The van der Waals surface area contributed by atoms with Crippen molar-refractivity contribution in [2.45, 2.75) is 52.3 Å². The van der Waals surface area contributed by atoms with Crippen molar-refractivity contribution in [1.82, 2.24) is 25.3 Å². The van der Waals surface area contributed by atoms with Gasteiger partial charge < -0.3 is 19.7 Å². The monoisotopic (exact) mass is 465 g/mol. The minimum absolute atomic E-state index is 0.0986. The molecule has 0 radical (unpaired) electrons. The summed E-state index contributed by atoms with van der Waals surface area (Å²) < 4.78 is 11.3. The van der Waals surface area contributed by atoms with E-state index >= 15 is 0 Å². The van der Waals surface area contributed by atoms with Crippen molar-refractivity contribution in [3.8, 4) is 17.0 Å². The van der Waals surface area contributed by atoms with Gasteiger partial charge in [-0.05, 0) is 43.7 Å². The van der Waals surface area contributed by atoms with Crippen molar-refractivity contribution >= 4 is 5.91 Å². The van der Waals surface area contributed by atoms with Gasteiger partial charge in [-0.1, -0.05) is 25.1 Å². The molecule has 1 aliphatic heterocycles. The Kier molecular flexibility index (Phi) is 7.23. The van der Waals surface area contributed by atoms with Crippen LogP contribution in [0.15, 0.2) is 41.1 Å². The van der Waals surface area contributed by atoms with Crippen molar-refractivity contribution in [2.75, 3.05) is 19.7 Å². The Balaban J connectivity index is 1.29. The molecule has 0 unspecified atom stereocenters. The van der Waals surface area contributed by atoms with E-state index in [1.165, 1.54) is 0 Å². The average Bonchev–Trinajstić information content (AvgIpc) is 3.27. The van der Waals surface area contributed by atoms with E-state index in [0.717, 1.165) is 41.5 Å². The molecule has 0 bridgehead atoms. The van der Waals surface area contributed by atoms with Gasteiger partial charge in [0, 0.05) is 36.2 Å². The van der Waals surface area contributed by atoms with Crippen LogP contribution in [0.5, 0.6) is 5.75 Å². The third-order valence-electron chi connectivity index (χ3n) is 5.74. The first-order valence-corrected chi connectivity index (χ1v) is 11.5. The van der Waals surface area contributed by atoms with Crippen molar-refractivity contribution in [2.24, 2.45) is 0 Å². The maximum Gasteiger partial charge on any atom is 0.251 e. The Labute approximate surface area is 199 Å². The standard InChI is InChI=1S/C25H31N5O4/c1-15(2)24-28-23(34-29-24)13-30-11-20(12-30)33-19-6-8-22(26-10-19)18-5-7-21(16(3)9-18)25(32)27-17(4)14-31/h5-10,15,17,20,31H,11-14H2,1-4H3,(H,27,32)/t17-/m0/s1. The van der Waals surface area contributed by atoms with Gasteiger partial charge in [0.25, 0.3) is 5.91 Å². The number of benzene rings is 1. The fraction of sp³-hybridized carbons (Fsp3) is 0.440. The fourth-order valence-electron chi connectivity index (χ4n) is 3.72. The summed E-state index contributed by atoms with van der Waals surface area (Å²) in [6, 6.07) is 9.14. The van der Waals surface area contributed by atoms with Crippen LogP contribution in [0.25, 0.3) is 11.3 Å². The van der Waals surface area contributed by atoms with E-state index in [1.807, 2.05) is 45.0 Å². The molecule has 4 rings (SSSR count). The number of carbonyl (C=O) groups is 1. The van der Waals surface area contributed by atoms with Crippen molar-refractivity contribution < 1.29 is 19.2 Å². The molecule has 34 heavy (non-hydrogen) atoms. The van der Waals surface area contributed by atoms with E-state index in [-0.39, 0.29) is 30.6 Å². The number of aromatic nitrogens is 3. The second-order valence-corrected chi connectivity index (χ2v) is 9.10. The molecular weight excluding hydrogens is 434 g/mol. The van der Waals surface area contributed by atoms with Gasteiger partial charge in [0.05, 0.1) is 25.0 Å². The van der Waals surface area contributed by atoms with Crippen LogP contribution in [0.3, 0.4) is 0 Å². The third kappa shape index (κ3) is 5.60. The number of amides is 1. The molecule has 0 aliphatic carbocycles. The van der Waals surface area contributed by atoms with Crippen LogP contribution < -0.4 is 10.1 Å². The molecule has 9 nitrogen and oxygen atoms in total. The van der Waals surface area contributed by atoms with Crippen LogP contribution in [-0.2, 0) is 6.54 Å². The van der Waals surface area contributed by atoms with E-state index in [1.54, 1.807) is 19.2 Å². The third-order valence-corrected chi connectivity index (χ3v) is 5.74. The number of aliphatic hydroxyl groups excluding tert-OH is 1. The summed E-state index contributed by atoms with van der Waals surface area (Å²) in [5, 5.41) is 15.9. The van der Waals surface area contributed by atoms with Gasteiger partial charge in [-0.3, -0.25) is 14.7 Å². The quantitative estimate of drug-likeness (QED) is 0.496. The van der Waals surface area contributed by atoms with Crippen LogP contribution >= 0.6 is 0 Å². The molecule has 1 atom stereocenters. The number of hydrogen-bond acceptors (Lipinski definition) is 8. The number of nitrogens with one attached hydrogen (secondary N) is 1. The van der Waals surface area contributed by atoms with Gasteiger partial charge in [-0.15, -0.1) is 0 Å². The van der Waals surface area contributed by atoms with Crippen LogP contribution in [0.4, 0.5) is 0 Å². The van der Waals surface area contributed by atoms with Gasteiger partial charge in [0.2, 0.25) is 5.89 Å². The molecule has 2 N–H and O–H groups in total. The second kappa shape index (κ2) is 10.3. The number of nitrogens with zero attached hydrogens (tertiary/aromatic N) is 4. The van der Waals surface area contributed by atoms with E-state index in [9.17, 15) is 4.79 Å². The predicted octanol–water partition coefficient (Wildman–Crippen LogP) is 2.94. The number of pyridine rings is 1. The zero-order valence-electron chi connectivity index (χ0n) is 20.0. The Hall–Kier alpha value is -3.30. The molecule has 1 amide bonds. The zero-order valence-corrected chi connectivity index (χ0v) is 20.0. The van der Waals surface area contributed by atoms with Gasteiger partial charge in [0.1, 0.15) is 11.9 Å². The predicted molar refractivity (Wildman–Crippen MR) is 127 cm³/mol. The normalized spacial score (nSPS) is 15.2. The molecule has 0 spiro atoms. The highest BCUT2D eigenvalue weighted by Gasteiger charge is 2.30. The Bertz CT molecular complexity index is 1120. The molecule has 0 saturated carbocycles. The number of hydrogen-bond donors (Lipinski definition) is 2. The first-order chi connectivity index (χ1) is 16.3. The highest BCUT2D eigenvalue weighted by Crippen LogP contribution is 2.24. The van der Waals surface area contributed by atoms with Crippen LogP contribution in [0.2, 0.25) is 0 Å². The smallest absolute Gasteiger partial charge is 0.251 e. The van der Waals surface area contributed by atoms with Crippen LogP contribution in [-0.4, -0.2) is 62.9 Å². The molecular formula is C25H31N5O4. The van der Waals surface area contributed by atoms with Gasteiger partial charge in [-0.25, -0.2) is 0 Å². The summed E-state index contributed by atoms with van der Waals surface area (Å²) in [6.45, 7) is 9.83. The first kappa shape index (κ1) is 23.8. The molecule has 2 aromatic heterocycles. The van der Waals surface area contributed by atoms with E-state index in [0.29, 0.717) is 18.0 Å². The SMILES string of the molecule is Cc1cc(-c2ccc(OC3CN(Cc4nc(C(C)C)no4)C3)cn2)ccc1C(=O)N[C@@H](C)CO. The molecule has 1 aromatic carbocycles. The maximum atomic E-state index is 12.3. The summed E-state index contributed by atoms with van der Waals surface area (Å²) in [7, 11) is 0. The molecule has 180 valence electrons. The molecule has 9 heteroatoms. The van der Waals surface area contributed by atoms with Crippen LogP contribution in [0, 0.1) is 6.92 Å². The summed E-state index contributed by atoms with van der Waals surface area (Å²) >= 11 is 0. The Morgan fingerprint density at radius 3 is 2.68 bits per heavy atom. The maximum absolute atomic E-state index is 12.3. The highest BCUT2D eigenvalue weighted by molar-refractivity contribution is 5.96. The van der Waals surface area contributed by atoms with E-state index in [4.69, 9.17) is 14.4 Å². The largest absolute Gasteiger partial charge is 0.486 e. The van der Waals surface area contributed by atoms with Gasteiger partial charge >= 0.3 is 0 Å². The number of ether oxygens (including phenoxy) is 1. The summed E-state index contributed by atoms with van der Waals surface area (Å²) in [5.74, 6) is 2.14. The summed E-state index contributed by atoms with van der Waals surface area (Å²) in [5.41, 5.74) is 3.16. The Morgan fingerprint density at radius 2 is 2.06 bits per heavy atom. The minimum Gasteiger partial charge on any atom is -0.486 e. The van der Waals surface area contributed by atoms with Crippen molar-refractivity contribution in [1.29, 1.82) is 0 Å². The minimum atomic E-state index is -0.292. The lowest BCUT2D eigenvalue weighted by atomic mass is 10.0. The molecule has 1 saturated heterocycles. The van der Waals surface area contributed by atoms with Gasteiger partial charge in [-0.2, -0.15) is 4.98 Å². The molecule has 3 aromatic rings. The number of likely N-dealkylation sites (tertiary alicyclic amines) is 1. The number of rotatable bonds is 9. The number of aryl methyl sites for hydroxylation is 1. The second-order valence-electron chi connectivity index (χ2n) is 9.10. The molecule has 1 aliphatic rings. The zero-order chi connectivity index (χ0) is 24.2. The van der Waals surface area contributed by atoms with Crippen LogP contribution in [0.1, 0.15) is 54.3 Å². The lowest BCUT2D eigenvalue weighted by Crippen LogP contribution is -2.53.